The maximum absolute atomic E-state index is 12.7. The predicted octanol–water partition coefficient (Wildman–Crippen LogP) is 3.05. The maximum atomic E-state index is 12.7. The monoisotopic (exact) mass is 333 g/mol. The molecule has 0 saturated carbocycles. The SMILES string of the molecule is C=C(CCCn1cc(C#N)cn1)C(=O)N1N=CCC1c1ccccc1. The van der Waals surface area contributed by atoms with Crippen LogP contribution in [0.1, 0.15) is 36.4 Å². The molecule has 126 valence electrons. The minimum absolute atomic E-state index is 0.0604. The van der Waals surface area contributed by atoms with E-state index in [1.54, 1.807) is 17.1 Å². The lowest BCUT2D eigenvalue weighted by molar-refractivity contribution is -0.129. The van der Waals surface area contributed by atoms with Crippen LogP contribution in [-0.2, 0) is 11.3 Å². The Hall–Kier alpha value is -3.20. The van der Waals surface area contributed by atoms with Gasteiger partial charge in [0.05, 0.1) is 17.8 Å². The average molecular weight is 333 g/mol. The van der Waals surface area contributed by atoms with Crippen molar-refractivity contribution in [2.24, 2.45) is 5.10 Å². The molecule has 0 aliphatic carbocycles. The van der Waals surface area contributed by atoms with E-state index < -0.39 is 0 Å². The smallest absolute Gasteiger partial charge is 0.269 e. The number of aryl methyl sites for hydroxylation is 1. The van der Waals surface area contributed by atoms with Gasteiger partial charge < -0.3 is 0 Å². The van der Waals surface area contributed by atoms with Crippen molar-refractivity contribution < 1.29 is 4.79 Å². The van der Waals surface area contributed by atoms with Crippen LogP contribution < -0.4 is 0 Å². The molecule has 3 rings (SSSR count). The Bertz CT molecular complexity index is 831. The summed E-state index contributed by atoms with van der Waals surface area (Å²) in [6.07, 6.45) is 7.01. The number of hydrazone groups is 1. The number of hydrogen-bond donors (Lipinski definition) is 0. The summed E-state index contributed by atoms with van der Waals surface area (Å²) in [6.45, 7) is 4.57. The minimum Gasteiger partial charge on any atom is -0.271 e. The van der Waals surface area contributed by atoms with Gasteiger partial charge in [-0.3, -0.25) is 9.48 Å². The summed E-state index contributed by atoms with van der Waals surface area (Å²) in [6, 6.07) is 11.9. The Morgan fingerprint density at radius 1 is 1.36 bits per heavy atom. The van der Waals surface area contributed by atoms with E-state index >= 15 is 0 Å². The maximum Gasteiger partial charge on any atom is 0.269 e. The number of nitrogens with zero attached hydrogens (tertiary/aromatic N) is 5. The number of amides is 1. The van der Waals surface area contributed by atoms with Gasteiger partial charge in [-0.1, -0.05) is 36.9 Å². The number of benzene rings is 1. The molecule has 0 N–H and O–H groups in total. The number of carbonyl (C=O) groups excluding carboxylic acids is 1. The van der Waals surface area contributed by atoms with Gasteiger partial charge in [0.2, 0.25) is 0 Å². The van der Waals surface area contributed by atoms with E-state index in [0.717, 1.165) is 12.0 Å². The van der Waals surface area contributed by atoms with Crippen molar-refractivity contribution in [1.29, 1.82) is 5.26 Å². The highest BCUT2D eigenvalue weighted by molar-refractivity contribution is 5.94. The van der Waals surface area contributed by atoms with Gasteiger partial charge in [-0.05, 0) is 18.4 Å². The quantitative estimate of drug-likeness (QED) is 0.763. The van der Waals surface area contributed by atoms with Crippen LogP contribution in [0.2, 0.25) is 0 Å². The van der Waals surface area contributed by atoms with Crippen molar-refractivity contribution in [3.8, 4) is 6.07 Å². The second kappa shape index (κ2) is 7.58. The fourth-order valence-corrected chi connectivity index (χ4v) is 2.83. The zero-order valence-electron chi connectivity index (χ0n) is 13.9. The van der Waals surface area contributed by atoms with Crippen molar-refractivity contribution in [2.45, 2.75) is 31.8 Å². The van der Waals surface area contributed by atoms with Crippen molar-refractivity contribution in [3.63, 3.8) is 0 Å². The van der Waals surface area contributed by atoms with Gasteiger partial charge in [-0.2, -0.15) is 15.5 Å². The van der Waals surface area contributed by atoms with Crippen molar-refractivity contribution in [1.82, 2.24) is 14.8 Å². The molecule has 6 nitrogen and oxygen atoms in total. The first kappa shape index (κ1) is 16.7. The molecule has 2 heterocycles. The predicted molar refractivity (Wildman–Crippen MR) is 94.5 cm³/mol. The molecule has 0 spiro atoms. The largest absolute Gasteiger partial charge is 0.271 e. The molecule has 1 unspecified atom stereocenters. The molecule has 1 aliphatic rings. The number of nitriles is 1. The number of aromatic nitrogens is 2. The highest BCUT2D eigenvalue weighted by Crippen LogP contribution is 2.29. The molecule has 1 amide bonds. The summed E-state index contributed by atoms with van der Waals surface area (Å²) in [4.78, 5) is 12.7. The summed E-state index contributed by atoms with van der Waals surface area (Å²) < 4.78 is 1.71. The molecule has 1 atom stereocenters. The van der Waals surface area contributed by atoms with Crippen LogP contribution in [0.5, 0.6) is 0 Å². The molecule has 0 bridgehead atoms. The first-order valence-corrected chi connectivity index (χ1v) is 8.20. The molecule has 0 saturated heterocycles. The highest BCUT2D eigenvalue weighted by atomic mass is 16.2. The number of carbonyl (C=O) groups is 1. The minimum atomic E-state index is -0.138. The molecular formula is C19H19N5O. The van der Waals surface area contributed by atoms with E-state index in [9.17, 15) is 4.79 Å². The molecule has 0 fully saturated rings. The van der Waals surface area contributed by atoms with Gasteiger partial charge in [0.1, 0.15) is 6.07 Å². The second-order valence-electron chi connectivity index (χ2n) is 5.92. The fraction of sp³-hybridized carbons (Fsp3) is 0.263. The van der Waals surface area contributed by atoms with Gasteiger partial charge in [0, 0.05) is 31.0 Å². The third-order valence-electron chi connectivity index (χ3n) is 4.15. The van der Waals surface area contributed by atoms with Gasteiger partial charge >= 0.3 is 0 Å². The van der Waals surface area contributed by atoms with Gasteiger partial charge in [-0.15, -0.1) is 0 Å². The second-order valence-corrected chi connectivity index (χ2v) is 5.92. The van der Waals surface area contributed by atoms with Crippen molar-refractivity contribution >= 4 is 12.1 Å². The standard InChI is InChI=1S/C19H19N5O/c1-15(6-5-11-23-14-16(12-20)13-22-23)19(25)24-18(9-10-21-24)17-7-3-2-4-8-17/h2-4,7-8,10,13-14,18H,1,5-6,9,11H2. The molecular weight excluding hydrogens is 314 g/mol. The molecule has 25 heavy (non-hydrogen) atoms. The van der Waals surface area contributed by atoms with Crippen LogP contribution in [-0.4, -0.2) is 26.9 Å². The van der Waals surface area contributed by atoms with E-state index in [2.05, 4.69) is 16.8 Å². The van der Waals surface area contributed by atoms with Crippen LogP contribution in [0.3, 0.4) is 0 Å². The van der Waals surface area contributed by atoms with Gasteiger partial charge in [-0.25, -0.2) is 5.01 Å². The first-order chi connectivity index (χ1) is 12.2. The Balaban J connectivity index is 1.55. The molecule has 6 heteroatoms. The lowest BCUT2D eigenvalue weighted by Gasteiger charge is -2.23. The van der Waals surface area contributed by atoms with Gasteiger partial charge in [0.25, 0.3) is 5.91 Å². The summed E-state index contributed by atoms with van der Waals surface area (Å²) in [5.41, 5.74) is 2.14. The lowest BCUT2D eigenvalue weighted by Crippen LogP contribution is -2.28. The van der Waals surface area contributed by atoms with Crippen LogP contribution >= 0.6 is 0 Å². The molecule has 0 radical (unpaired) electrons. The Kier molecular flexibility index (Phi) is 5.05. The first-order valence-electron chi connectivity index (χ1n) is 8.20. The topological polar surface area (TPSA) is 74.3 Å². The number of hydrogen-bond acceptors (Lipinski definition) is 4. The summed E-state index contributed by atoms with van der Waals surface area (Å²) in [5, 5.41) is 18.7. The van der Waals surface area contributed by atoms with E-state index in [-0.39, 0.29) is 11.9 Å². The zero-order chi connectivity index (χ0) is 17.6. The lowest BCUT2D eigenvalue weighted by atomic mass is 10.0. The highest BCUT2D eigenvalue weighted by Gasteiger charge is 2.29. The van der Waals surface area contributed by atoms with Crippen molar-refractivity contribution in [2.75, 3.05) is 0 Å². The van der Waals surface area contributed by atoms with Gasteiger partial charge in [0.15, 0.2) is 0 Å². The third-order valence-corrected chi connectivity index (χ3v) is 4.15. The zero-order valence-corrected chi connectivity index (χ0v) is 13.9. The Morgan fingerprint density at radius 3 is 2.88 bits per heavy atom. The molecule has 1 aromatic carbocycles. The Labute approximate surface area is 146 Å². The molecule has 1 aromatic heterocycles. The van der Waals surface area contributed by atoms with Crippen LogP contribution in [0, 0.1) is 11.3 Å². The summed E-state index contributed by atoms with van der Waals surface area (Å²) in [5.74, 6) is -0.138. The van der Waals surface area contributed by atoms with Crippen LogP contribution in [0.25, 0.3) is 0 Å². The fourth-order valence-electron chi connectivity index (χ4n) is 2.83. The van der Waals surface area contributed by atoms with E-state index in [4.69, 9.17) is 5.26 Å². The summed E-state index contributed by atoms with van der Waals surface area (Å²) in [7, 11) is 0. The van der Waals surface area contributed by atoms with E-state index in [0.29, 0.717) is 30.5 Å². The van der Waals surface area contributed by atoms with E-state index in [1.807, 2.05) is 36.4 Å². The third kappa shape index (κ3) is 3.83. The number of rotatable bonds is 6. The van der Waals surface area contributed by atoms with Crippen LogP contribution in [0.4, 0.5) is 0 Å². The van der Waals surface area contributed by atoms with E-state index in [1.165, 1.54) is 11.2 Å². The molecule has 2 aromatic rings. The van der Waals surface area contributed by atoms with Crippen molar-refractivity contribution in [3.05, 3.63) is 66.0 Å². The molecule has 1 aliphatic heterocycles. The normalized spacial score (nSPS) is 16.0. The average Bonchev–Trinajstić information content (AvgIpc) is 3.31. The van der Waals surface area contributed by atoms with Crippen LogP contribution in [0.15, 0.2) is 60.0 Å². The Morgan fingerprint density at radius 2 is 2.16 bits per heavy atom. The summed E-state index contributed by atoms with van der Waals surface area (Å²) >= 11 is 0.